The molecular weight excluding hydrogens is 608 g/mol. The fourth-order valence-electron chi connectivity index (χ4n) is 6.02. The first-order chi connectivity index (χ1) is 22.3. The van der Waals surface area contributed by atoms with Crippen LogP contribution in [0, 0.1) is 6.92 Å². The standard InChI is InChI=1S/C35H46N2O8S/c1-26-5-12-30(13-6-26)46(39,40)37-22-32(38)35(29-10-7-27(8-11-29)24-43-20-19-42-3)34(23-37)45-25-28-9-14-33-31(21-28)36(16-18-44-33)15-4-17-41-2/h5-14,21,32,34-35,38H,4,15-20,22-25H2,1-3H3/t32-,34+,35+/m1/s1. The Kier molecular flexibility index (Phi) is 12.1. The molecule has 5 rings (SSSR count). The van der Waals surface area contributed by atoms with Gasteiger partial charge in [-0.3, -0.25) is 0 Å². The number of β-amino-alcohol motifs (C(OH)–C–C–N with tert-alkyl or cyclic N) is 1. The molecule has 2 aliphatic heterocycles. The van der Waals surface area contributed by atoms with E-state index in [-0.39, 0.29) is 24.6 Å². The first kappa shape index (κ1) is 34.3. The van der Waals surface area contributed by atoms with Gasteiger partial charge in [0.2, 0.25) is 10.0 Å². The van der Waals surface area contributed by atoms with E-state index < -0.39 is 28.1 Å². The molecule has 0 aromatic heterocycles. The molecule has 3 aromatic carbocycles. The molecular formula is C35H46N2O8S. The van der Waals surface area contributed by atoms with Gasteiger partial charge in [-0.1, -0.05) is 48.0 Å². The molecule has 1 fully saturated rings. The summed E-state index contributed by atoms with van der Waals surface area (Å²) in [6, 6.07) is 20.7. The summed E-state index contributed by atoms with van der Waals surface area (Å²) in [4.78, 5) is 2.49. The average molecular weight is 655 g/mol. The van der Waals surface area contributed by atoms with Gasteiger partial charge in [-0.15, -0.1) is 0 Å². The highest BCUT2D eigenvalue weighted by Crippen LogP contribution is 2.36. The molecule has 10 nitrogen and oxygen atoms in total. The first-order valence-corrected chi connectivity index (χ1v) is 17.3. The summed E-state index contributed by atoms with van der Waals surface area (Å²) in [5, 5.41) is 11.5. The van der Waals surface area contributed by atoms with E-state index in [1.165, 1.54) is 4.31 Å². The number of aliphatic hydroxyl groups is 1. The minimum atomic E-state index is -3.85. The maximum atomic E-state index is 13.7. The quantitative estimate of drug-likeness (QED) is 0.242. The molecule has 0 saturated carbocycles. The molecule has 1 N–H and O–H groups in total. The van der Waals surface area contributed by atoms with Crippen molar-refractivity contribution < 1.29 is 37.2 Å². The Morgan fingerprint density at radius 1 is 0.891 bits per heavy atom. The number of piperidine rings is 1. The molecule has 1 saturated heterocycles. The minimum Gasteiger partial charge on any atom is -0.490 e. The highest BCUT2D eigenvalue weighted by molar-refractivity contribution is 7.89. The van der Waals surface area contributed by atoms with Crippen molar-refractivity contribution in [1.82, 2.24) is 4.31 Å². The van der Waals surface area contributed by atoms with Crippen molar-refractivity contribution in [1.29, 1.82) is 0 Å². The average Bonchev–Trinajstić information content (AvgIpc) is 3.06. The summed E-state index contributed by atoms with van der Waals surface area (Å²) in [7, 11) is -0.508. The molecule has 250 valence electrons. The van der Waals surface area contributed by atoms with Crippen LogP contribution in [0.5, 0.6) is 5.75 Å². The number of hydrogen-bond donors (Lipinski definition) is 1. The fourth-order valence-corrected chi connectivity index (χ4v) is 7.49. The van der Waals surface area contributed by atoms with Gasteiger partial charge in [0.1, 0.15) is 12.4 Å². The third-order valence-electron chi connectivity index (χ3n) is 8.54. The molecule has 3 atom stereocenters. The minimum absolute atomic E-state index is 0.0325. The summed E-state index contributed by atoms with van der Waals surface area (Å²) in [5.41, 5.74) is 4.80. The number of sulfonamides is 1. The van der Waals surface area contributed by atoms with Gasteiger partial charge in [0.25, 0.3) is 0 Å². The second-order valence-electron chi connectivity index (χ2n) is 11.8. The SMILES string of the molecule is COCCCN1CCOc2ccc(CO[C@H]3CN(S(=O)(=O)c4ccc(C)cc4)C[C@@H](O)[C@@H]3c3ccc(COCCOC)cc3)cc21. The van der Waals surface area contributed by atoms with Crippen LogP contribution in [-0.2, 0) is 42.2 Å². The number of methoxy groups -OCH3 is 2. The lowest BCUT2D eigenvalue weighted by Gasteiger charge is -2.41. The van der Waals surface area contributed by atoms with Crippen LogP contribution in [0.2, 0.25) is 0 Å². The van der Waals surface area contributed by atoms with Crippen molar-refractivity contribution in [3.63, 3.8) is 0 Å². The number of nitrogens with zero attached hydrogens (tertiary/aromatic N) is 2. The van der Waals surface area contributed by atoms with Gasteiger partial charge < -0.3 is 33.7 Å². The molecule has 46 heavy (non-hydrogen) atoms. The van der Waals surface area contributed by atoms with Crippen LogP contribution in [0.25, 0.3) is 0 Å². The van der Waals surface area contributed by atoms with Crippen LogP contribution in [0.4, 0.5) is 5.69 Å². The zero-order valence-corrected chi connectivity index (χ0v) is 27.8. The van der Waals surface area contributed by atoms with Crippen molar-refractivity contribution in [2.45, 2.75) is 49.6 Å². The number of ether oxygens (including phenoxy) is 5. The number of rotatable bonds is 15. The molecule has 3 aromatic rings. The molecule has 2 aliphatic rings. The predicted octanol–water partition coefficient (Wildman–Crippen LogP) is 4.13. The molecule has 2 heterocycles. The van der Waals surface area contributed by atoms with Gasteiger partial charge in [-0.25, -0.2) is 8.42 Å². The zero-order valence-electron chi connectivity index (χ0n) is 27.0. The number of fused-ring (bicyclic) bond motifs is 1. The largest absolute Gasteiger partial charge is 0.490 e. The fraction of sp³-hybridized carbons (Fsp3) is 0.486. The number of benzene rings is 3. The van der Waals surface area contributed by atoms with Crippen molar-refractivity contribution in [3.8, 4) is 5.75 Å². The van der Waals surface area contributed by atoms with E-state index in [1.54, 1.807) is 38.5 Å². The van der Waals surface area contributed by atoms with E-state index in [0.29, 0.717) is 33.0 Å². The zero-order chi connectivity index (χ0) is 32.5. The van der Waals surface area contributed by atoms with Gasteiger partial charge in [0.05, 0.1) is 55.8 Å². The van der Waals surface area contributed by atoms with Gasteiger partial charge in [0.15, 0.2) is 0 Å². The van der Waals surface area contributed by atoms with Crippen LogP contribution < -0.4 is 9.64 Å². The molecule has 0 radical (unpaired) electrons. The van der Waals surface area contributed by atoms with E-state index in [9.17, 15) is 13.5 Å². The topological polar surface area (TPSA) is 107 Å². The Morgan fingerprint density at radius 2 is 1.63 bits per heavy atom. The number of aliphatic hydroxyl groups excluding tert-OH is 1. The summed E-state index contributed by atoms with van der Waals surface area (Å²) in [6.45, 7) is 6.66. The third kappa shape index (κ3) is 8.46. The Hall–Kier alpha value is -3.03. The van der Waals surface area contributed by atoms with Crippen molar-refractivity contribution >= 4 is 15.7 Å². The normalized spacial score (nSPS) is 20.3. The Balaban J connectivity index is 1.37. The van der Waals surface area contributed by atoms with Gasteiger partial charge in [-0.05, 0) is 54.3 Å². The maximum absolute atomic E-state index is 13.7. The molecule has 0 aliphatic carbocycles. The molecule has 0 amide bonds. The molecule has 0 spiro atoms. The van der Waals surface area contributed by atoms with E-state index >= 15 is 0 Å². The smallest absolute Gasteiger partial charge is 0.243 e. The Morgan fingerprint density at radius 3 is 2.37 bits per heavy atom. The first-order valence-electron chi connectivity index (χ1n) is 15.8. The number of anilines is 1. The summed E-state index contributed by atoms with van der Waals surface area (Å²) in [5.74, 6) is 0.402. The van der Waals surface area contributed by atoms with Crippen molar-refractivity contribution in [2.24, 2.45) is 0 Å². The van der Waals surface area contributed by atoms with E-state index in [0.717, 1.165) is 53.2 Å². The number of aryl methyl sites for hydroxylation is 1. The van der Waals surface area contributed by atoms with Crippen LogP contribution in [0.3, 0.4) is 0 Å². The van der Waals surface area contributed by atoms with Crippen LogP contribution in [0.1, 0.15) is 34.6 Å². The predicted molar refractivity (Wildman–Crippen MR) is 176 cm³/mol. The van der Waals surface area contributed by atoms with Crippen LogP contribution >= 0.6 is 0 Å². The van der Waals surface area contributed by atoms with Crippen LogP contribution in [0.15, 0.2) is 71.6 Å². The van der Waals surface area contributed by atoms with E-state index in [1.807, 2.05) is 43.3 Å². The maximum Gasteiger partial charge on any atom is 0.243 e. The van der Waals surface area contributed by atoms with Crippen LogP contribution in [-0.4, -0.2) is 96.9 Å². The summed E-state index contributed by atoms with van der Waals surface area (Å²) < 4.78 is 57.2. The summed E-state index contributed by atoms with van der Waals surface area (Å²) >= 11 is 0. The second kappa shape index (κ2) is 16.2. The highest BCUT2D eigenvalue weighted by atomic mass is 32.2. The molecule has 0 bridgehead atoms. The Labute approximate surface area is 272 Å². The van der Waals surface area contributed by atoms with E-state index in [4.69, 9.17) is 23.7 Å². The summed E-state index contributed by atoms with van der Waals surface area (Å²) in [6.07, 6.45) is -0.671. The van der Waals surface area contributed by atoms with Crippen molar-refractivity contribution in [2.75, 3.05) is 71.7 Å². The van der Waals surface area contributed by atoms with Gasteiger partial charge in [-0.2, -0.15) is 4.31 Å². The second-order valence-corrected chi connectivity index (χ2v) is 13.8. The monoisotopic (exact) mass is 654 g/mol. The van der Waals surface area contributed by atoms with Crippen molar-refractivity contribution in [3.05, 3.63) is 89.0 Å². The van der Waals surface area contributed by atoms with E-state index in [2.05, 4.69) is 11.0 Å². The third-order valence-corrected chi connectivity index (χ3v) is 10.4. The Bertz CT molecular complexity index is 1500. The van der Waals surface area contributed by atoms with Gasteiger partial charge >= 0.3 is 0 Å². The highest BCUT2D eigenvalue weighted by Gasteiger charge is 2.42. The lowest BCUT2D eigenvalue weighted by atomic mass is 9.85. The lowest BCUT2D eigenvalue weighted by molar-refractivity contribution is -0.0534. The van der Waals surface area contributed by atoms with Gasteiger partial charge in [0, 0.05) is 46.4 Å². The number of hydrogen-bond acceptors (Lipinski definition) is 9. The lowest BCUT2D eigenvalue weighted by Crippen LogP contribution is -2.53. The molecule has 11 heteroatoms. The molecule has 0 unspecified atom stereocenters.